The highest BCUT2D eigenvalue weighted by Gasteiger charge is 2.13. The average Bonchev–Trinajstić information content (AvgIpc) is 3.11. The Morgan fingerprint density at radius 3 is 2.88 bits per heavy atom. The quantitative estimate of drug-likeness (QED) is 0.598. The summed E-state index contributed by atoms with van der Waals surface area (Å²) >= 11 is 7.12. The summed E-state index contributed by atoms with van der Waals surface area (Å²) in [7, 11) is 0. The highest BCUT2D eigenvalue weighted by molar-refractivity contribution is 7.99. The molecule has 0 radical (unpaired) electrons. The second-order valence-electron chi connectivity index (χ2n) is 5.15. The maximum Gasteiger partial charge on any atom is 0.277 e. The third kappa shape index (κ3) is 4.77. The summed E-state index contributed by atoms with van der Waals surface area (Å²) in [5.74, 6) is 0.939. The average molecular weight is 390 g/mol. The molecule has 0 aliphatic rings. The third-order valence-corrected chi connectivity index (χ3v) is 4.32. The van der Waals surface area contributed by atoms with Gasteiger partial charge in [-0.05, 0) is 37.3 Å². The molecule has 0 aliphatic carbocycles. The number of aromatic nitrogens is 2. The minimum Gasteiger partial charge on any atom is -0.492 e. The van der Waals surface area contributed by atoms with Crippen LogP contribution in [0.15, 0.2) is 58.2 Å². The molecule has 8 heteroatoms. The molecular formula is C18H16ClN3O3S. The molecule has 0 fully saturated rings. The van der Waals surface area contributed by atoms with Crippen LogP contribution in [0.3, 0.4) is 0 Å². The molecule has 0 aliphatic heterocycles. The second-order valence-corrected chi connectivity index (χ2v) is 6.51. The maximum absolute atomic E-state index is 12.2. The Kier molecular flexibility index (Phi) is 6.14. The predicted molar refractivity (Wildman–Crippen MR) is 102 cm³/mol. The molecule has 1 heterocycles. The Labute approximate surface area is 159 Å². The van der Waals surface area contributed by atoms with E-state index in [-0.39, 0.29) is 11.7 Å². The van der Waals surface area contributed by atoms with Gasteiger partial charge in [0.1, 0.15) is 5.75 Å². The van der Waals surface area contributed by atoms with Crippen molar-refractivity contribution in [2.45, 2.75) is 12.1 Å². The van der Waals surface area contributed by atoms with Crippen molar-refractivity contribution in [3.63, 3.8) is 0 Å². The Morgan fingerprint density at radius 1 is 1.23 bits per heavy atom. The summed E-state index contributed by atoms with van der Waals surface area (Å²) in [5.41, 5.74) is 1.36. The van der Waals surface area contributed by atoms with Crippen LogP contribution in [-0.4, -0.2) is 28.5 Å². The first-order chi connectivity index (χ1) is 12.7. The molecule has 134 valence electrons. The van der Waals surface area contributed by atoms with Gasteiger partial charge in [-0.25, -0.2) is 0 Å². The van der Waals surface area contributed by atoms with E-state index in [0.29, 0.717) is 34.2 Å². The highest BCUT2D eigenvalue weighted by Crippen LogP contribution is 2.26. The minimum atomic E-state index is -0.190. The molecule has 1 aromatic heterocycles. The molecule has 6 nitrogen and oxygen atoms in total. The van der Waals surface area contributed by atoms with Crippen LogP contribution in [0.2, 0.25) is 5.02 Å². The van der Waals surface area contributed by atoms with E-state index in [0.717, 1.165) is 17.3 Å². The Balaban J connectivity index is 1.59. The molecule has 0 saturated carbocycles. The molecule has 0 unspecified atom stereocenters. The summed E-state index contributed by atoms with van der Waals surface area (Å²) in [5, 5.41) is 11.6. The fourth-order valence-corrected chi connectivity index (χ4v) is 2.92. The van der Waals surface area contributed by atoms with Gasteiger partial charge in [-0.3, -0.25) is 4.79 Å². The number of amides is 1. The van der Waals surface area contributed by atoms with Crippen molar-refractivity contribution >= 4 is 35.0 Å². The molecule has 26 heavy (non-hydrogen) atoms. The molecule has 2 aromatic carbocycles. The smallest absolute Gasteiger partial charge is 0.277 e. The number of carbonyl (C=O) groups is 1. The van der Waals surface area contributed by atoms with Crippen LogP contribution < -0.4 is 10.1 Å². The van der Waals surface area contributed by atoms with Gasteiger partial charge >= 0.3 is 0 Å². The van der Waals surface area contributed by atoms with Gasteiger partial charge in [0, 0.05) is 10.6 Å². The summed E-state index contributed by atoms with van der Waals surface area (Å²) in [4.78, 5) is 12.2. The molecule has 1 N–H and O–H groups in total. The van der Waals surface area contributed by atoms with Crippen molar-refractivity contribution in [2.24, 2.45) is 0 Å². The topological polar surface area (TPSA) is 77.2 Å². The van der Waals surface area contributed by atoms with E-state index in [1.807, 2.05) is 31.2 Å². The zero-order chi connectivity index (χ0) is 18.4. The largest absolute Gasteiger partial charge is 0.492 e. The van der Waals surface area contributed by atoms with E-state index in [1.54, 1.807) is 24.3 Å². The number of benzene rings is 2. The first-order valence-corrected chi connectivity index (χ1v) is 9.26. The molecule has 3 aromatic rings. The van der Waals surface area contributed by atoms with Gasteiger partial charge in [-0.15, -0.1) is 10.2 Å². The fourth-order valence-electron chi connectivity index (χ4n) is 2.17. The van der Waals surface area contributed by atoms with Crippen molar-refractivity contribution in [3.8, 4) is 17.2 Å². The summed E-state index contributed by atoms with van der Waals surface area (Å²) in [6.07, 6.45) is 0. The molecule has 0 atom stereocenters. The molecule has 3 rings (SSSR count). The van der Waals surface area contributed by atoms with Gasteiger partial charge < -0.3 is 14.5 Å². The third-order valence-electron chi connectivity index (χ3n) is 3.27. The van der Waals surface area contributed by atoms with Crippen LogP contribution in [-0.2, 0) is 4.79 Å². The van der Waals surface area contributed by atoms with Crippen LogP contribution >= 0.6 is 23.4 Å². The van der Waals surface area contributed by atoms with Gasteiger partial charge in [0.2, 0.25) is 11.8 Å². The number of hydrogen-bond donors (Lipinski definition) is 1. The number of rotatable bonds is 7. The Hall–Kier alpha value is -2.51. The maximum atomic E-state index is 12.2. The lowest BCUT2D eigenvalue weighted by Gasteiger charge is -2.10. The number of ether oxygens (including phenoxy) is 1. The molecule has 0 spiro atoms. The van der Waals surface area contributed by atoms with Crippen molar-refractivity contribution < 1.29 is 13.9 Å². The van der Waals surface area contributed by atoms with Gasteiger partial charge in [0.15, 0.2) is 0 Å². The lowest BCUT2D eigenvalue weighted by molar-refractivity contribution is -0.113. The van der Waals surface area contributed by atoms with Gasteiger partial charge in [-0.1, -0.05) is 41.6 Å². The number of nitrogens with zero attached hydrogens (tertiary/aromatic N) is 2. The minimum absolute atomic E-state index is 0.137. The van der Waals surface area contributed by atoms with E-state index in [4.69, 9.17) is 20.8 Å². The van der Waals surface area contributed by atoms with Crippen molar-refractivity contribution in [1.29, 1.82) is 0 Å². The lowest BCUT2D eigenvalue weighted by atomic mass is 10.2. The van der Waals surface area contributed by atoms with Gasteiger partial charge in [0.25, 0.3) is 5.22 Å². The summed E-state index contributed by atoms with van der Waals surface area (Å²) in [6.45, 7) is 2.41. The first kappa shape index (κ1) is 18.3. The summed E-state index contributed by atoms with van der Waals surface area (Å²) < 4.78 is 11.1. The van der Waals surface area contributed by atoms with Gasteiger partial charge in [-0.2, -0.15) is 0 Å². The molecule has 0 saturated heterocycles. The first-order valence-electron chi connectivity index (χ1n) is 7.89. The number of halogens is 1. The zero-order valence-corrected chi connectivity index (χ0v) is 15.5. The van der Waals surface area contributed by atoms with Crippen LogP contribution in [0.25, 0.3) is 11.5 Å². The number of carbonyl (C=O) groups excluding carboxylic acids is 1. The second kappa shape index (κ2) is 8.73. The monoisotopic (exact) mass is 389 g/mol. The van der Waals surface area contributed by atoms with Crippen LogP contribution in [0, 0.1) is 0 Å². The SMILES string of the molecule is CCOc1ccccc1NC(=O)CSc1nnc(-c2cccc(Cl)c2)o1. The number of para-hydroxylation sites is 2. The summed E-state index contributed by atoms with van der Waals surface area (Å²) in [6, 6.07) is 14.4. The van der Waals surface area contributed by atoms with Crippen molar-refractivity contribution in [3.05, 3.63) is 53.6 Å². The fraction of sp³-hybridized carbons (Fsp3) is 0.167. The van der Waals surface area contributed by atoms with Crippen molar-refractivity contribution in [2.75, 3.05) is 17.7 Å². The molecule has 0 bridgehead atoms. The van der Waals surface area contributed by atoms with Crippen molar-refractivity contribution in [1.82, 2.24) is 10.2 Å². The molecule has 1 amide bonds. The van der Waals surface area contributed by atoms with E-state index in [9.17, 15) is 4.79 Å². The number of thioether (sulfide) groups is 1. The Morgan fingerprint density at radius 2 is 2.08 bits per heavy atom. The lowest BCUT2D eigenvalue weighted by Crippen LogP contribution is -2.14. The normalized spacial score (nSPS) is 10.5. The van der Waals surface area contributed by atoms with Crippen LogP contribution in [0.5, 0.6) is 5.75 Å². The van der Waals surface area contributed by atoms with E-state index < -0.39 is 0 Å². The van der Waals surface area contributed by atoms with Crippen LogP contribution in [0.4, 0.5) is 5.69 Å². The number of nitrogens with one attached hydrogen (secondary N) is 1. The number of anilines is 1. The van der Waals surface area contributed by atoms with Gasteiger partial charge in [0.05, 0.1) is 18.0 Å². The standard InChI is InChI=1S/C18H16ClN3O3S/c1-2-24-15-9-4-3-8-14(15)20-16(23)11-26-18-22-21-17(25-18)12-6-5-7-13(19)10-12/h3-10H,2,11H2,1H3,(H,20,23). The zero-order valence-electron chi connectivity index (χ0n) is 13.9. The van der Waals surface area contributed by atoms with E-state index in [2.05, 4.69) is 15.5 Å². The Bertz CT molecular complexity index is 901. The highest BCUT2D eigenvalue weighted by atomic mass is 35.5. The van der Waals surface area contributed by atoms with Crippen LogP contribution in [0.1, 0.15) is 6.92 Å². The molecular weight excluding hydrogens is 374 g/mol. The van der Waals surface area contributed by atoms with E-state index >= 15 is 0 Å². The number of hydrogen-bond acceptors (Lipinski definition) is 6. The van der Waals surface area contributed by atoms with E-state index in [1.165, 1.54) is 0 Å². The predicted octanol–water partition coefficient (Wildman–Crippen LogP) is 4.52.